The molecule has 88 valence electrons. The third-order valence-corrected chi connectivity index (χ3v) is 3.43. The van der Waals surface area contributed by atoms with Crippen LogP contribution in [0, 0.1) is 5.92 Å². The highest BCUT2D eigenvalue weighted by Crippen LogP contribution is 2.27. The molecule has 0 saturated heterocycles. The van der Waals surface area contributed by atoms with Crippen LogP contribution in [0.5, 0.6) is 0 Å². The molecule has 0 aromatic heterocycles. The van der Waals surface area contributed by atoms with Crippen molar-refractivity contribution in [2.45, 2.75) is 51.6 Å². The summed E-state index contributed by atoms with van der Waals surface area (Å²) in [6.07, 6.45) is 5.34. The maximum Gasteiger partial charge on any atom is 0.238 e. The van der Waals surface area contributed by atoms with Crippen molar-refractivity contribution in [1.29, 1.82) is 0 Å². The van der Waals surface area contributed by atoms with Gasteiger partial charge in [-0.1, -0.05) is 12.8 Å². The lowest BCUT2D eigenvalue weighted by Crippen LogP contribution is -2.47. The van der Waals surface area contributed by atoms with Gasteiger partial charge in [0.15, 0.2) is 0 Å². The van der Waals surface area contributed by atoms with Crippen molar-refractivity contribution in [2.75, 3.05) is 14.1 Å². The molecule has 1 amide bonds. The molecular formula is C12H24N2O. The van der Waals surface area contributed by atoms with Crippen LogP contribution in [-0.2, 0) is 4.79 Å². The Balaban J connectivity index is 2.36. The van der Waals surface area contributed by atoms with E-state index in [2.05, 4.69) is 12.2 Å². The first-order chi connectivity index (χ1) is 7.02. The van der Waals surface area contributed by atoms with Gasteiger partial charge < -0.3 is 10.2 Å². The van der Waals surface area contributed by atoms with E-state index in [4.69, 9.17) is 0 Å². The molecule has 1 unspecified atom stereocenters. The van der Waals surface area contributed by atoms with E-state index in [9.17, 15) is 4.79 Å². The van der Waals surface area contributed by atoms with Crippen LogP contribution in [0.15, 0.2) is 0 Å². The molecule has 3 heteroatoms. The van der Waals surface area contributed by atoms with Gasteiger partial charge >= 0.3 is 0 Å². The molecule has 0 heterocycles. The van der Waals surface area contributed by atoms with Crippen molar-refractivity contribution in [3.05, 3.63) is 0 Å². The third kappa shape index (κ3) is 3.49. The molecule has 1 saturated carbocycles. The van der Waals surface area contributed by atoms with E-state index in [1.54, 1.807) is 19.0 Å². The molecule has 3 nitrogen and oxygen atoms in total. The highest BCUT2D eigenvalue weighted by Gasteiger charge is 2.24. The van der Waals surface area contributed by atoms with Crippen LogP contribution >= 0.6 is 0 Å². The number of hydrogen-bond donors (Lipinski definition) is 1. The van der Waals surface area contributed by atoms with E-state index in [0.29, 0.717) is 6.04 Å². The van der Waals surface area contributed by atoms with E-state index < -0.39 is 0 Å². The second-order valence-electron chi connectivity index (χ2n) is 4.95. The zero-order valence-corrected chi connectivity index (χ0v) is 10.4. The molecule has 0 aromatic rings. The predicted octanol–water partition coefficient (Wildman–Crippen LogP) is 1.63. The number of hydrogen-bond acceptors (Lipinski definition) is 2. The molecule has 0 radical (unpaired) electrons. The van der Waals surface area contributed by atoms with Crippen LogP contribution < -0.4 is 5.32 Å². The fourth-order valence-electron chi connectivity index (χ4n) is 2.45. The molecule has 1 N–H and O–H groups in total. The largest absolute Gasteiger partial charge is 0.347 e. The summed E-state index contributed by atoms with van der Waals surface area (Å²) in [6.45, 7) is 4.16. The van der Waals surface area contributed by atoms with Crippen molar-refractivity contribution in [3.8, 4) is 0 Å². The summed E-state index contributed by atoms with van der Waals surface area (Å²) in [6, 6.07) is 0.405. The zero-order valence-electron chi connectivity index (χ0n) is 10.4. The monoisotopic (exact) mass is 212 g/mol. The number of carbonyl (C=O) groups is 1. The maximum atomic E-state index is 11.7. The molecule has 15 heavy (non-hydrogen) atoms. The number of amides is 1. The first kappa shape index (κ1) is 12.5. The Morgan fingerprint density at radius 3 is 2.27 bits per heavy atom. The molecule has 1 aliphatic rings. The first-order valence-electron chi connectivity index (χ1n) is 5.99. The van der Waals surface area contributed by atoms with Gasteiger partial charge in [0, 0.05) is 20.1 Å². The summed E-state index contributed by atoms with van der Waals surface area (Å²) in [7, 11) is 3.61. The highest BCUT2D eigenvalue weighted by atomic mass is 16.2. The average Bonchev–Trinajstić information content (AvgIpc) is 2.68. The van der Waals surface area contributed by atoms with Gasteiger partial charge in [-0.2, -0.15) is 0 Å². The summed E-state index contributed by atoms with van der Waals surface area (Å²) in [5.74, 6) is 0.933. The van der Waals surface area contributed by atoms with E-state index in [0.717, 1.165) is 5.92 Å². The average molecular weight is 212 g/mol. The number of nitrogens with zero attached hydrogens (tertiary/aromatic N) is 1. The predicted molar refractivity (Wildman–Crippen MR) is 62.7 cm³/mol. The summed E-state index contributed by atoms with van der Waals surface area (Å²) in [5, 5.41) is 3.41. The van der Waals surface area contributed by atoms with Gasteiger partial charge in [0.1, 0.15) is 0 Å². The normalized spacial score (nSPS) is 21.3. The van der Waals surface area contributed by atoms with Crippen molar-refractivity contribution in [1.82, 2.24) is 10.2 Å². The molecular weight excluding hydrogens is 188 g/mol. The minimum Gasteiger partial charge on any atom is -0.347 e. The molecule has 0 aromatic carbocycles. The van der Waals surface area contributed by atoms with Crippen LogP contribution in [-0.4, -0.2) is 37.0 Å². The number of nitrogens with one attached hydrogen (secondary N) is 1. The summed E-state index contributed by atoms with van der Waals surface area (Å²) < 4.78 is 0. The van der Waals surface area contributed by atoms with Crippen molar-refractivity contribution in [3.63, 3.8) is 0 Å². The Morgan fingerprint density at radius 1 is 1.27 bits per heavy atom. The molecule has 1 rings (SSSR count). The Kier molecular flexibility index (Phi) is 4.58. The smallest absolute Gasteiger partial charge is 0.238 e. The number of likely N-dealkylation sites (N-methyl/N-ethyl adjacent to an activating group) is 1. The van der Waals surface area contributed by atoms with Gasteiger partial charge in [0.05, 0.1) is 6.04 Å². The number of rotatable bonds is 4. The highest BCUT2D eigenvalue weighted by molar-refractivity contribution is 5.80. The second kappa shape index (κ2) is 5.50. The Hall–Kier alpha value is -0.570. The van der Waals surface area contributed by atoms with Gasteiger partial charge in [-0.05, 0) is 32.6 Å². The molecule has 0 bridgehead atoms. The maximum absolute atomic E-state index is 11.7. The van der Waals surface area contributed by atoms with Crippen LogP contribution in [0.4, 0.5) is 0 Å². The molecule has 1 fully saturated rings. The van der Waals surface area contributed by atoms with Crippen LogP contribution in [0.2, 0.25) is 0 Å². The second-order valence-corrected chi connectivity index (χ2v) is 4.95. The topological polar surface area (TPSA) is 32.3 Å². The molecule has 2 atom stereocenters. The van der Waals surface area contributed by atoms with E-state index >= 15 is 0 Å². The van der Waals surface area contributed by atoms with Crippen LogP contribution in [0.3, 0.4) is 0 Å². The van der Waals surface area contributed by atoms with Gasteiger partial charge in [0.2, 0.25) is 5.91 Å². The fraction of sp³-hybridized carbons (Fsp3) is 0.917. The first-order valence-corrected chi connectivity index (χ1v) is 5.99. The third-order valence-electron chi connectivity index (χ3n) is 3.43. The minimum absolute atomic E-state index is 0.0596. The van der Waals surface area contributed by atoms with Crippen molar-refractivity contribution < 1.29 is 4.79 Å². The van der Waals surface area contributed by atoms with Crippen molar-refractivity contribution in [2.24, 2.45) is 5.92 Å². The summed E-state index contributed by atoms with van der Waals surface area (Å²) in [5.41, 5.74) is 0. The van der Waals surface area contributed by atoms with E-state index in [1.807, 2.05) is 6.92 Å². The Labute approximate surface area is 93.2 Å². The summed E-state index contributed by atoms with van der Waals surface area (Å²) >= 11 is 0. The lowest BCUT2D eigenvalue weighted by atomic mass is 9.99. The zero-order chi connectivity index (χ0) is 11.4. The van der Waals surface area contributed by atoms with Crippen LogP contribution in [0.1, 0.15) is 39.5 Å². The van der Waals surface area contributed by atoms with E-state index in [-0.39, 0.29) is 11.9 Å². The Morgan fingerprint density at radius 2 is 1.80 bits per heavy atom. The van der Waals surface area contributed by atoms with Gasteiger partial charge in [-0.25, -0.2) is 0 Å². The minimum atomic E-state index is -0.0596. The van der Waals surface area contributed by atoms with Gasteiger partial charge in [0.25, 0.3) is 0 Å². The van der Waals surface area contributed by atoms with E-state index in [1.165, 1.54) is 25.7 Å². The molecule has 0 spiro atoms. The summed E-state index contributed by atoms with van der Waals surface area (Å²) in [4.78, 5) is 13.3. The molecule has 0 aliphatic heterocycles. The standard InChI is InChI=1S/C12H24N2O/c1-9(11-7-5-6-8-11)13-10(2)12(15)14(3)4/h9-11,13H,5-8H2,1-4H3/t9-,10?/m1/s1. The SMILES string of the molecule is CC(N[C@H](C)C1CCCC1)C(=O)N(C)C. The van der Waals surface area contributed by atoms with Crippen LogP contribution in [0.25, 0.3) is 0 Å². The lowest BCUT2D eigenvalue weighted by Gasteiger charge is -2.25. The quantitative estimate of drug-likeness (QED) is 0.768. The number of carbonyl (C=O) groups excluding carboxylic acids is 1. The molecule has 1 aliphatic carbocycles. The van der Waals surface area contributed by atoms with Crippen molar-refractivity contribution >= 4 is 5.91 Å². The Bertz CT molecular complexity index is 210. The lowest BCUT2D eigenvalue weighted by molar-refractivity contribution is -0.130. The van der Waals surface area contributed by atoms with Gasteiger partial charge in [-0.15, -0.1) is 0 Å². The van der Waals surface area contributed by atoms with Gasteiger partial charge in [-0.3, -0.25) is 4.79 Å². The fourth-order valence-corrected chi connectivity index (χ4v) is 2.45.